The molecule has 1 aliphatic rings. The van der Waals surface area contributed by atoms with Crippen molar-refractivity contribution in [3.63, 3.8) is 0 Å². The number of likely N-dealkylation sites (tertiary alicyclic amines) is 1. The normalized spacial score (nSPS) is 14.4. The summed E-state index contributed by atoms with van der Waals surface area (Å²) in [5.74, 6) is -0.350. The van der Waals surface area contributed by atoms with Crippen molar-refractivity contribution < 1.29 is 8.78 Å². The smallest absolute Gasteiger partial charge is 0.159 e. The second-order valence-corrected chi connectivity index (χ2v) is 9.99. The Hall–Kier alpha value is -4.50. The SMILES string of the molecule is Fc1cccc(-c2nccc3[nH]c(-c4n[nH]c5ccc(-c6cncc(CN7CCCCC7)c6)c(F)c45)nc23)c1. The largest absolute Gasteiger partial charge is 0.336 e. The molecular weight excluding hydrogens is 496 g/mol. The molecule has 2 aromatic carbocycles. The lowest BCUT2D eigenvalue weighted by Gasteiger charge is -2.26. The third kappa shape index (κ3) is 4.34. The van der Waals surface area contributed by atoms with Crippen molar-refractivity contribution in [2.24, 2.45) is 0 Å². The van der Waals surface area contributed by atoms with Crippen LogP contribution in [0.25, 0.3) is 55.8 Å². The third-order valence-electron chi connectivity index (χ3n) is 7.35. The van der Waals surface area contributed by atoms with Crippen LogP contribution >= 0.6 is 0 Å². The van der Waals surface area contributed by atoms with Gasteiger partial charge in [0, 0.05) is 41.8 Å². The lowest BCUT2D eigenvalue weighted by Crippen LogP contribution is -2.29. The first-order chi connectivity index (χ1) is 19.1. The standard InChI is InChI=1S/C30H25F2N7/c31-21-6-4-5-19(14-21)27-28-24(9-10-34-27)35-30(36-28)29-25-23(37-38-29)8-7-22(26(25)32)20-13-18(15-33-16-20)17-39-11-2-1-3-12-39/h4-10,13-16H,1-3,11-12,17H2,(H,35,36)(H,37,38). The van der Waals surface area contributed by atoms with Gasteiger partial charge in [0.1, 0.15) is 22.8 Å². The minimum absolute atomic E-state index is 0.341. The van der Waals surface area contributed by atoms with Crippen LogP contribution in [-0.4, -0.2) is 48.1 Å². The van der Waals surface area contributed by atoms with Gasteiger partial charge in [0.25, 0.3) is 0 Å². The van der Waals surface area contributed by atoms with Gasteiger partial charge in [0.2, 0.25) is 0 Å². The van der Waals surface area contributed by atoms with E-state index in [0.29, 0.717) is 50.3 Å². The molecule has 0 saturated carbocycles. The molecule has 0 aliphatic carbocycles. The highest BCUT2D eigenvalue weighted by Crippen LogP contribution is 2.35. The van der Waals surface area contributed by atoms with Crippen LogP contribution in [0.2, 0.25) is 0 Å². The molecule has 39 heavy (non-hydrogen) atoms. The second-order valence-electron chi connectivity index (χ2n) is 9.99. The van der Waals surface area contributed by atoms with Gasteiger partial charge in [-0.25, -0.2) is 13.8 Å². The Balaban J connectivity index is 1.29. The number of nitrogens with one attached hydrogen (secondary N) is 2. The van der Waals surface area contributed by atoms with Crippen LogP contribution < -0.4 is 0 Å². The molecule has 2 N–H and O–H groups in total. The maximum Gasteiger partial charge on any atom is 0.159 e. The fraction of sp³-hybridized carbons (Fsp3) is 0.200. The first kappa shape index (κ1) is 23.6. The van der Waals surface area contributed by atoms with E-state index < -0.39 is 5.82 Å². The predicted molar refractivity (Wildman–Crippen MR) is 147 cm³/mol. The Kier molecular flexibility index (Phi) is 5.85. The van der Waals surface area contributed by atoms with Crippen molar-refractivity contribution >= 4 is 21.9 Å². The van der Waals surface area contributed by atoms with Crippen LogP contribution in [0.4, 0.5) is 8.78 Å². The summed E-state index contributed by atoms with van der Waals surface area (Å²) in [5, 5.41) is 7.68. The van der Waals surface area contributed by atoms with Gasteiger partial charge in [-0.2, -0.15) is 5.10 Å². The summed E-state index contributed by atoms with van der Waals surface area (Å²) in [5.41, 5.74) is 5.56. The first-order valence-corrected chi connectivity index (χ1v) is 13.1. The molecular formula is C30H25F2N7. The Morgan fingerprint density at radius 2 is 1.77 bits per heavy atom. The van der Waals surface area contributed by atoms with Crippen molar-refractivity contribution in [1.82, 2.24) is 35.0 Å². The second kappa shape index (κ2) is 9.67. The highest BCUT2D eigenvalue weighted by atomic mass is 19.1. The molecule has 1 aliphatic heterocycles. The number of hydrogen-bond donors (Lipinski definition) is 2. The lowest BCUT2D eigenvalue weighted by molar-refractivity contribution is 0.220. The molecule has 1 saturated heterocycles. The summed E-state index contributed by atoms with van der Waals surface area (Å²) < 4.78 is 30.1. The summed E-state index contributed by atoms with van der Waals surface area (Å²) in [7, 11) is 0. The van der Waals surface area contributed by atoms with Gasteiger partial charge in [-0.3, -0.25) is 20.0 Å². The number of piperidine rings is 1. The average Bonchev–Trinajstić information content (AvgIpc) is 3.59. The molecule has 194 valence electrons. The number of hydrogen-bond acceptors (Lipinski definition) is 5. The van der Waals surface area contributed by atoms with Crippen molar-refractivity contribution in [3.8, 4) is 33.9 Å². The highest BCUT2D eigenvalue weighted by molar-refractivity contribution is 5.98. The number of pyridine rings is 2. The van der Waals surface area contributed by atoms with Crippen LogP contribution in [0, 0.1) is 11.6 Å². The quantitative estimate of drug-likeness (QED) is 0.271. The lowest BCUT2D eigenvalue weighted by atomic mass is 10.0. The molecule has 0 atom stereocenters. The zero-order valence-electron chi connectivity index (χ0n) is 21.1. The van der Waals surface area contributed by atoms with Crippen molar-refractivity contribution in [3.05, 3.63) is 84.3 Å². The van der Waals surface area contributed by atoms with Gasteiger partial charge in [-0.05, 0) is 67.9 Å². The predicted octanol–water partition coefficient (Wildman–Crippen LogP) is 6.49. The molecule has 0 unspecified atom stereocenters. The average molecular weight is 522 g/mol. The van der Waals surface area contributed by atoms with Crippen molar-refractivity contribution in [1.29, 1.82) is 0 Å². The summed E-state index contributed by atoms with van der Waals surface area (Å²) in [6.07, 6.45) is 8.89. The molecule has 7 rings (SSSR count). The van der Waals surface area contributed by atoms with Crippen molar-refractivity contribution in [2.75, 3.05) is 13.1 Å². The third-order valence-corrected chi connectivity index (χ3v) is 7.35. The topological polar surface area (TPSA) is 86.4 Å². The molecule has 1 fully saturated rings. The highest BCUT2D eigenvalue weighted by Gasteiger charge is 2.21. The number of H-pyrrole nitrogens is 2. The van der Waals surface area contributed by atoms with Gasteiger partial charge < -0.3 is 4.98 Å². The number of rotatable bonds is 5. The van der Waals surface area contributed by atoms with Gasteiger partial charge >= 0.3 is 0 Å². The van der Waals surface area contributed by atoms with E-state index in [4.69, 9.17) is 4.98 Å². The Labute approximate surface area is 223 Å². The van der Waals surface area contributed by atoms with Crippen LogP contribution in [0.1, 0.15) is 24.8 Å². The molecule has 0 spiro atoms. The molecule has 4 aromatic heterocycles. The number of aromatic amines is 2. The monoisotopic (exact) mass is 521 g/mol. The van der Waals surface area contributed by atoms with Crippen LogP contribution in [0.15, 0.2) is 67.1 Å². The fourth-order valence-electron chi connectivity index (χ4n) is 5.46. The van der Waals surface area contributed by atoms with Crippen LogP contribution in [0.5, 0.6) is 0 Å². The molecule has 9 heteroatoms. The van der Waals surface area contributed by atoms with E-state index in [1.165, 1.54) is 31.4 Å². The maximum absolute atomic E-state index is 16.2. The van der Waals surface area contributed by atoms with E-state index in [1.54, 1.807) is 36.7 Å². The van der Waals surface area contributed by atoms with E-state index in [2.05, 4.69) is 30.0 Å². The van der Waals surface area contributed by atoms with Gasteiger partial charge in [-0.15, -0.1) is 0 Å². The molecule has 7 nitrogen and oxygen atoms in total. The summed E-state index contributed by atoms with van der Waals surface area (Å²) in [6.45, 7) is 2.97. The number of aromatic nitrogens is 6. The minimum Gasteiger partial charge on any atom is -0.336 e. The van der Waals surface area contributed by atoms with E-state index >= 15 is 4.39 Å². The maximum atomic E-state index is 16.2. The summed E-state index contributed by atoms with van der Waals surface area (Å²) >= 11 is 0. The number of benzene rings is 2. The first-order valence-electron chi connectivity index (χ1n) is 13.1. The van der Waals surface area contributed by atoms with Crippen LogP contribution in [-0.2, 0) is 6.54 Å². The van der Waals surface area contributed by atoms with Gasteiger partial charge in [0.05, 0.1) is 22.1 Å². The number of imidazole rings is 1. The van der Waals surface area contributed by atoms with Gasteiger partial charge in [-0.1, -0.05) is 18.6 Å². The number of fused-ring (bicyclic) bond motifs is 2. The number of halogens is 2. The summed E-state index contributed by atoms with van der Waals surface area (Å²) in [6, 6.07) is 13.6. The Morgan fingerprint density at radius 1 is 0.872 bits per heavy atom. The zero-order valence-corrected chi connectivity index (χ0v) is 21.1. The molecule has 6 aromatic rings. The van der Waals surface area contributed by atoms with E-state index in [-0.39, 0.29) is 5.82 Å². The minimum atomic E-state index is -0.392. The Bertz CT molecular complexity index is 1820. The molecule has 0 bridgehead atoms. The molecule has 0 radical (unpaired) electrons. The fourth-order valence-corrected chi connectivity index (χ4v) is 5.46. The molecule has 5 heterocycles. The van der Waals surface area contributed by atoms with Crippen LogP contribution in [0.3, 0.4) is 0 Å². The van der Waals surface area contributed by atoms with Crippen molar-refractivity contribution in [2.45, 2.75) is 25.8 Å². The molecule has 0 amide bonds. The van der Waals surface area contributed by atoms with E-state index in [0.717, 1.165) is 30.8 Å². The number of nitrogens with zero attached hydrogens (tertiary/aromatic N) is 5. The van der Waals surface area contributed by atoms with E-state index in [9.17, 15) is 4.39 Å². The van der Waals surface area contributed by atoms with E-state index in [1.807, 2.05) is 18.3 Å². The van der Waals surface area contributed by atoms with Gasteiger partial charge in [0.15, 0.2) is 5.82 Å². The Morgan fingerprint density at radius 3 is 2.64 bits per heavy atom. The zero-order chi connectivity index (χ0) is 26.3. The summed E-state index contributed by atoms with van der Waals surface area (Å²) in [4.78, 5) is 19.2.